The quantitative estimate of drug-likeness (QED) is 0.424. The molecule has 0 aliphatic carbocycles. The van der Waals surface area contributed by atoms with Crippen LogP contribution in [0.1, 0.15) is 47.4 Å². The van der Waals surface area contributed by atoms with Crippen LogP contribution in [-0.2, 0) is 9.47 Å². The largest absolute Gasteiger partial charge is 0.462 e. The summed E-state index contributed by atoms with van der Waals surface area (Å²) >= 11 is 0. The zero-order valence-electron chi connectivity index (χ0n) is 17.4. The number of esters is 2. The van der Waals surface area contributed by atoms with Crippen molar-refractivity contribution in [1.82, 2.24) is 0 Å². The highest BCUT2D eigenvalue weighted by Crippen LogP contribution is 2.25. The first-order valence-electron chi connectivity index (χ1n) is 10.3. The van der Waals surface area contributed by atoms with E-state index in [1.807, 2.05) is 62.4 Å². The Bertz CT molecular complexity index is 889. The second kappa shape index (κ2) is 10.4. The van der Waals surface area contributed by atoms with Gasteiger partial charge in [-0.2, -0.15) is 0 Å². The van der Waals surface area contributed by atoms with E-state index in [9.17, 15) is 9.59 Å². The SMILES string of the molecule is CCCOC(=O)c1ccc(-c2ccc(-c3ccc(C(=O)OCCC)cc3)cc2)cc1. The Morgan fingerprint density at radius 3 is 1.07 bits per heavy atom. The van der Waals surface area contributed by atoms with Crippen molar-refractivity contribution in [2.45, 2.75) is 26.7 Å². The molecule has 154 valence electrons. The van der Waals surface area contributed by atoms with Crippen LogP contribution in [0.5, 0.6) is 0 Å². The predicted molar refractivity (Wildman–Crippen MR) is 118 cm³/mol. The lowest BCUT2D eigenvalue weighted by atomic mass is 9.99. The predicted octanol–water partition coefficient (Wildman–Crippen LogP) is 6.15. The van der Waals surface area contributed by atoms with Crippen LogP contribution in [-0.4, -0.2) is 25.2 Å². The van der Waals surface area contributed by atoms with Crippen molar-refractivity contribution < 1.29 is 19.1 Å². The molecule has 0 saturated carbocycles. The monoisotopic (exact) mass is 402 g/mol. The number of hydrogen-bond acceptors (Lipinski definition) is 4. The van der Waals surface area contributed by atoms with Crippen LogP contribution >= 0.6 is 0 Å². The van der Waals surface area contributed by atoms with E-state index in [0.717, 1.165) is 35.1 Å². The summed E-state index contributed by atoms with van der Waals surface area (Å²) in [7, 11) is 0. The van der Waals surface area contributed by atoms with Gasteiger partial charge in [-0.3, -0.25) is 0 Å². The highest BCUT2D eigenvalue weighted by molar-refractivity contribution is 5.90. The average molecular weight is 402 g/mol. The van der Waals surface area contributed by atoms with Gasteiger partial charge < -0.3 is 9.47 Å². The zero-order chi connectivity index (χ0) is 21.3. The van der Waals surface area contributed by atoms with Gasteiger partial charge in [0.25, 0.3) is 0 Å². The molecule has 0 aliphatic rings. The summed E-state index contributed by atoms with van der Waals surface area (Å²) < 4.78 is 10.3. The van der Waals surface area contributed by atoms with Crippen LogP contribution in [0.25, 0.3) is 22.3 Å². The Balaban J connectivity index is 1.69. The van der Waals surface area contributed by atoms with Crippen molar-refractivity contribution in [1.29, 1.82) is 0 Å². The topological polar surface area (TPSA) is 52.6 Å². The molecule has 30 heavy (non-hydrogen) atoms. The Kier molecular flexibility index (Phi) is 7.39. The van der Waals surface area contributed by atoms with E-state index in [0.29, 0.717) is 24.3 Å². The molecule has 3 aromatic carbocycles. The molecule has 0 spiro atoms. The lowest BCUT2D eigenvalue weighted by molar-refractivity contribution is 0.0496. The van der Waals surface area contributed by atoms with E-state index < -0.39 is 0 Å². The van der Waals surface area contributed by atoms with Crippen molar-refractivity contribution in [2.75, 3.05) is 13.2 Å². The molecule has 3 aromatic rings. The molecular weight excluding hydrogens is 376 g/mol. The maximum Gasteiger partial charge on any atom is 0.338 e. The third-order valence-electron chi connectivity index (χ3n) is 4.67. The van der Waals surface area contributed by atoms with Crippen molar-refractivity contribution in [3.63, 3.8) is 0 Å². The van der Waals surface area contributed by atoms with E-state index in [-0.39, 0.29) is 11.9 Å². The van der Waals surface area contributed by atoms with Gasteiger partial charge in [-0.1, -0.05) is 62.4 Å². The van der Waals surface area contributed by atoms with Gasteiger partial charge in [-0.25, -0.2) is 9.59 Å². The standard InChI is InChI=1S/C26H26O4/c1-3-17-29-25(27)23-13-9-21(10-14-23)19-5-7-20(8-6-19)22-11-15-24(16-12-22)26(28)30-18-4-2/h5-16H,3-4,17-18H2,1-2H3. The first kappa shape index (κ1) is 21.3. The molecule has 0 atom stereocenters. The van der Waals surface area contributed by atoms with Crippen molar-refractivity contribution in [3.05, 3.63) is 83.9 Å². The van der Waals surface area contributed by atoms with Gasteiger partial charge in [-0.15, -0.1) is 0 Å². The van der Waals surface area contributed by atoms with E-state index >= 15 is 0 Å². The third-order valence-corrected chi connectivity index (χ3v) is 4.67. The summed E-state index contributed by atoms with van der Waals surface area (Å²) in [4.78, 5) is 23.8. The van der Waals surface area contributed by atoms with Crippen LogP contribution in [0.2, 0.25) is 0 Å². The number of carbonyl (C=O) groups is 2. The summed E-state index contributed by atoms with van der Waals surface area (Å²) in [5, 5.41) is 0. The second-order valence-corrected chi connectivity index (χ2v) is 7.00. The summed E-state index contributed by atoms with van der Waals surface area (Å²) in [5.41, 5.74) is 5.30. The first-order chi connectivity index (χ1) is 14.6. The Labute approximate surface area is 177 Å². The van der Waals surface area contributed by atoms with Gasteiger partial charge in [-0.05, 0) is 59.4 Å². The van der Waals surface area contributed by atoms with E-state index in [4.69, 9.17) is 9.47 Å². The Morgan fingerprint density at radius 1 is 0.533 bits per heavy atom. The second-order valence-electron chi connectivity index (χ2n) is 7.00. The summed E-state index contributed by atoms with van der Waals surface area (Å²) in [6.07, 6.45) is 1.61. The molecule has 0 saturated heterocycles. The van der Waals surface area contributed by atoms with Crippen LogP contribution in [0.4, 0.5) is 0 Å². The van der Waals surface area contributed by atoms with Gasteiger partial charge in [0, 0.05) is 0 Å². The molecule has 0 bridgehead atoms. The van der Waals surface area contributed by atoms with Gasteiger partial charge in [0.1, 0.15) is 0 Å². The Hall–Kier alpha value is -3.40. The van der Waals surface area contributed by atoms with Gasteiger partial charge in [0.15, 0.2) is 0 Å². The van der Waals surface area contributed by atoms with Crippen LogP contribution in [0, 0.1) is 0 Å². The van der Waals surface area contributed by atoms with Crippen LogP contribution < -0.4 is 0 Å². The first-order valence-corrected chi connectivity index (χ1v) is 10.3. The molecule has 0 radical (unpaired) electrons. The summed E-state index contributed by atoms with van der Waals surface area (Å²) in [6.45, 7) is 4.80. The number of carbonyl (C=O) groups excluding carboxylic acids is 2. The highest BCUT2D eigenvalue weighted by atomic mass is 16.5. The maximum atomic E-state index is 11.9. The normalized spacial score (nSPS) is 10.5. The van der Waals surface area contributed by atoms with Crippen molar-refractivity contribution in [3.8, 4) is 22.3 Å². The zero-order valence-corrected chi connectivity index (χ0v) is 17.4. The minimum atomic E-state index is -0.291. The highest BCUT2D eigenvalue weighted by Gasteiger charge is 2.09. The smallest absolute Gasteiger partial charge is 0.338 e. The molecule has 0 aliphatic heterocycles. The molecule has 0 unspecified atom stereocenters. The molecule has 4 nitrogen and oxygen atoms in total. The number of rotatable bonds is 8. The lowest BCUT2D eigenvalue weighted by Crippen LogP contribution is -2.05. The molecule has 4 heteroatoms. The summed E-state index contributed by atoms with van der Waals surface area (Å²) in [5.74, 6) is -0.582. The van der Waals surface area contributed by atoms with Crippen LogP contribution in [0.3, 0.4) is 0 Å². The number of benzene rings is 3. The summed E-state index contributed by atoms with van der Waals surface area (Å²) in [6, 6.07) is 23.0. The molecule has 0 aromatic heterocycles. The van der Waals surface area contributed by atoms with E-state index in [1.54, 1.807) is 24.3 Å². The fraction of sp³-hybridized carbons (Fsp3) is 0.231. The number of ether oxygens (including phenoxy) is 2. The molecule has 0 N–H and O–H groups in total. The van der Waals surface area contributed by atoms with Gasteiger partial charge in [0.2, 0.25) is 0 Å². The van der Waals surface area contributed by atoms with Crippen LogP contribution in [0.15, 0.2) is 72.8 Å². The molecule has 0 heterocycles. The fourth-order valence-electron chi connectivity index (χ4n) is 3.01. The van der Waals surface area contributed by atoms with E-state index in [2.05, 4.69) is 0 Å². The third kappa shape index (κ3) is 5.35. The minimum absolute atomic E-state index is 0.291. The molecule has 0 amide bonds. The Morgan fingerprint density at radius 2 is 0.800 bits per heavy atom. The van der Waals surface area contributed by atoms with Crippen molar-refractivity contribution in [2.24, 2.45) is 0 Å². The number of hydrogen-bond donors (Lipinski definition) is 0. The lowest BCUT2D eigenvalue weighted by Gasteiger charge is -2.08. The maximum absolute atomic E-state index is 11.9. The van der Waals surface area contributed by atoms with Gasteiger partial charge in [0.05, 0.1) is 24.3 Å². The fourth-order valence-corrected chi connectivity index (χ4v) is 3.01. The van der Waals surface area contributed by atoms with Crippen molar-refractivity contribution >= 4 is 11.9 Å². The van der Waals surface area contributed by atoms with Gasteiger partial charge >= 0.3 is 11.9 Å². The molecular formula is C26H26O4. The molecule has 0 fully saturated rings. The minimum Gasteiger partial charge on any atom is -0.462 e. The average Bonchev–Trinajstić information content (AvgIpc) is 2.81. The molecule has 3 rings (SSSR count). The van der Waals surface area contributed by atoms with E-state index in [1.165, 1.54) is 0 Å².